The lowest BCUT2D eigenvalue weighted by molar-refractivity contribution is 0.267. The van der Waals surface area contributed by atoms with Gasteiger partial charge >= 0.3 is 0 Å². The van der Waals surface area contributed by atoms with Gasteiger partial charge in [-0.1, -0.05) is 57.3 Å². The van der Waals surface area contributed by atoms with E-state index in [-0.39, 0.29) is 0 Å². The van der Waals surface area contributed by atoms with E-state index in [2.05, 4.69) is 49.0 Å². The maximum absolute atomic E-state index is 6.19. The van der Waals surface area contributed by atoms with Crippen LogP contribution in [0.4, 0.5) is 0 Å². The number of rotatable bonds is 9. The Hall–Kier alpha value is -1.48. The van der Waals surface area contributed by atoms with E-state index in [1.54, 1.807) is 18.3 Å². The average molecular weight is 634 g/mol. The van der Waals surface area contributed by atoms with Crippen molar-refractivity contribution in [1.29, 1.82) is 0 Å². The van der Waals surface area contributed by atoms with Crippen molar-refractivity contribution in [2.24, 2.45) is 5.10 Å². The van der Waals surface area contributed by atoms with E-state index >= 15 is 0 Å². The zero-order valence-corrected chi connectivity index (χ0v) is 21.9. The highest BCUT2D eigenvalue weighted by Crippen LogP contribution is 2.34. The van der Waals surface area contributed by atoms with Gasteiger partial charge in [-0.3, -0.25) is 0 Å². The molecule has 0 aliphatic carbocycles. The molecule has 4 nitrogen and oxygen atoms in total. The highest BCUT2D eigenvalue weighted by atomic mass is 127. The zero-order valence-electron chi connectivity index (χ0n) is 16.7. The van der Waals surface area contributed by atoms with E-state index in [0.717, 1.165) is 30.5 Å². The fourth-order valence-electron chi connectivity index (χ4n) is 2.75. The summed E-state index contributed by atoms with van der Waals surface area (Å²) in [6, 6.07) is 17.4. The van der Waals surface area contributed by atoms with Crippen molar-refractivity contribution < 1.29 is 9.47 Å². The predicted octanol–water partition coefficient (Wildman–Crippen LogP) is 7.46. The number of hydrogen-bond acceptors (Lipinski definition) is 4. The number of nitrogens with one attached hydrogen (secondary N) is 1. The summed E-state index contributed by atoms with van der Waals surface area (Å²) >= 11 is 18.1. The third kappa shape index (κ3) is 7.00. The minimum atomic E-state index is 0.429. The standard InChI is InChI=1S/C23H20BrCl2IN2O2/c1-2-30-22-11-16(12-28-29-13-18-19(25)4-3-5-20(18)26)10-21(27)23(22)31-14-15-6-8-17(24)9-7-15/h3-12,29H,2,13-14H2,1H3/b28-12-. The van der Waals surface area contributed by atoms with E-state index in [0.29, 0.717) is 35.6 Å². The molecule has 0 saturated carbocycles. The molecule has 3 aromatic carbocycles. The molecule has 0 aliphatic rings. The first-order valence-electron chi connectivity index (χ1n) is 9.50. The molecule has 0 atom stereocenters. The minimum Gasteiger partial charge on any atom is -0.490 e. The van der Waals surface area contributed by atoms with Crippen LogP contribution in [0.1, 0.15) is 23.6 Å². The molecule has 0 spiro atoms. The van der Waals surface area contributed by atoms with Gasteiger partial charge in [0.25, 0.3) is 0 Å². The Kier molecular flexibility index (Phi) is 9.31. The van der Waals surface area contributed by atoms with Crippen molar-refractivity contribution in [3.05, 3.63) is 89.4 Å². The third-order valence-corrected chi connectivity index (χ3v) is 6.29. The van der Waals surface area contributed by atoms with Gasteiger partial charge in [-0.05, 0) is 77.0 Å². The summed E-state index contributed by atoms with van der Waals surface area (Å²) in [5.41, 5.74) is 5.77. The van der Waals surface area contributed by atoms with Crippen LogP contribution in [0.3, 0.4) is 0 Å². The molecule has 0 aliphatic heterocycles. The molecule has 0 aromatic heterocycles. The molecule has 0 heterocycles. The second-order valence-electron chi connectivity index (χ2n) is 6.47. The second-order valence-corrected chi connectivity index (χ2v) is 9.36. The van der Waals surface area contributed by atoms with Gasteiger partial charge in [0, 0.05) is 20.1 Å². The summed E-state index contributed by atoms with van der Waals surface area (Å²) in [5, 5.41) is 5.51. The van der Waals surface area contributed by atoms with Crippen LogP contribution in [0.5, 0.6) is 11.5 Å². The smallest absolute Gasteiger partial charge is 0.175 e. The van der Waals surface area contributed by atoms with Crippen molar-refractivity contribution in [1.82, 2.24) is 5.43 Å². The average Bonchev–Trinajstić information content (AvgIpc) is 2.74. The fourth-order valence-corrected chi connectivity index (χ4v) is 4.32. The van der Waals surface area contributed by atoms with Gasteiger partial charge in [0.15, 0.2) is 11.5 Å². The summed E-state index contributed by atoms with van der Waals surface area (Å²) in [5.74, 6) is 1.40. The normalized spacial score (nSPS) is 11.0. The number of benzene rings is 3. The molecule has 162 valence electrons. The van der Waals surface area contributed by atoms with Gasteiger partial charge in [0.05, 0.1) is 22.9 Å². The molecule has 3 aromatic rings. The van der Waals surface area contributed by atoms with Crippen molar-refractivity contribution in [2.45, 2.75) is 20.1 Å². The number of hydrazone groups is 1. The van der Waals surface area contributed by atoms with Gasteiger partial charge in [0.1, 0.15) is 6.61 Å². The number of hydrogen-bond donors (Lipinski definition) is 1. The lowest BCUT2D eigenvalue weighted by Crippen LogP contribution is -2.07. The van der Waals surface area contributed by atoms with E-state index < -0.39 is 0 Å². The molecular weight excluding hydrogens is 614 g/mol. The first-order chi connectivity index (χ1) is 15.0. The molecule has 3 rings (SSSR count). The van der Waals surface area contributed by atoms with Crippen LogP contribution >= 0.6 is 61.7 Å². The van der Waals surface area contributed by atoms with Gasteiger partial charge in [-0.15, -0.1) is 0 Å². The first-order valence-corrected chi connectivity index (χ1v) is 12.1. The maximum atomic E-state index is 6.19. The van der Waals surface area contributed by atoms with Crippen LogP contribution in [-0.4, -0.2) is 12.8 Å². The SMILES string of the molecule is CCOc1cc(/C=N\NCc2c(Cl)cccc2Cl)cc(I)c1OCc1ccc(Br)cc1. The zero-order chi connectivity index (χ0) is 22.2. The molecule has 1 N–H and O–H groups in total. The highest BCUT2D eigenvalue weighted by Gasteiger charge is 2.12. The summed E-state index contributed by atoms with van der Waals surface area (Å²) in [6.45, 7) is 3.37. The van der Waals surface area contributed by atoms with Gasteiger partial charge < -0.3 is 14.9 Å². The molecule has 8 heteroatoms. The Morgan fingerprint density at radius 3 is 2.45 bits per heavy atom. The molecule has 0 bridgehead atoms. The molecule has 0 unspecified atom stereocenters. The number of ether oxygens (including phenoxy) is 2. The van der Waals surface area contributed by atoms with Crippen molar-refractivity contribution >= 4 is 67.9 Å². The van der Waals surface area contributed by atoms with E-state index in [4.69, 9.17) is 32.7 Å². The molecular formula is C23H20BrCl2IN2O2. The van der Waals surface area contributed by atoms with Crippen LogP contribution in [-0.2, 0) is 13.2 Å². The fraction of sp³-hybridized carbons (Fsp3) is 0.174. The Labute approximate surface area is 214 Å². The monoisotopic (exact) mass is 632 g/mol. The van der Waals surface area contributed by atoms with Crippen LogP contribution < -0.4 is 14.9 Å². The molecule has 0 saturated heterocycles. The van der Waals surface area contributed by atoms with Gasteiger partial charge in [-0.2, -0.15) is 5.10 Å². The Balaban J connectivity index is 1.70. The highest BCUT2D eigenvalue weighted by molar-refractivity contribution is 14.1. The van der Waals surface area contributed by atoms with Gasteiger partial charge in [0.2, 0.25) is 0 Å². The summed E-state index contributed by atoms with van der Waals surface area (Å²) < 4.78 is 13.9. The quantitative estimate of drug-likeness (QED) is 0.151. The van der Waals surface area contributed by atoms with Crippen molar-refractivity contribution in [2.75, 3.05) is 6.61 Å². The van der Waals surface area contributed by atoms with E-state index in [1.165, 1.54) is 0 Å². The largest absolute Gasteiger partial charge is 0.490 e. The molecule has 0 fully saturated rings. The lowest BCUT2D eigenvalue weighted by Gasteiger charge is -2.15. The predicted molar refractivity (Wildman–Crippen MR) is 140 cm³/mol. The van der Waals surface area contributed by atoms with Crippen LogP contribution in [0, 0.1) is 3.57 Å². The Morgan fingerprint density at radius 2 is 1.77 bits per heavy atom. The molecule has 0 amide bonds. The van der Waals surface area contributed by atoms with Crippen molar-refractivity contribution in [3.8, 4) is 11.5 Å². The van der Waals surface area contributed by atoms with Crippen LogP contribution in [0.25, 0.3) is 0 Å². The first kappa shape index (κ1) is 24.2. The Morgan fingerprint density at radius 1 is 1.06 bits per heavy atom. The summed E-state index contributed by atoms with van der Waals surface area (Å²) in [6.07, 6.45) is 1.73. The van der Waals surface area contributed by atoms with Crippen molar-refractivity contribution in [3.63, 3.8) is 0 Å². The third-order valence-electron chi connectivity index (χ3n) is 4.25. The Bertz CT molecular complexity index is 1040. The number of nitrogens with zero attached hydrogens (tertiary/aromatic N) is 1. The topological polar surface area (TPSA) is 42.8 Å². The summed E-state index contributed by atoms with van der Waals surface area (Å²) in [4.78, 5) is 0. The lowest BCUT2D eigenvalue weighted by atomic mass is 10.2. The summed E-state index contributed by atoms with van der Waals surface area (Å²) in [7, 11) is 0. The molecule has 0 radical (unpaired) electrons. The van der Waals surface area contributed by atoms with E-state index in [9.17, 15) is 0 Å². The van der Waals surface area contributed by atoms with E-state index in [1.807, 2.05) is 49.4 Å². The van der Waals surface area contributed by atoms with Crippen LogP contribution in [0.15, 0.2) is 64.2 Å². The molecule has 31 heavy (non-hydrogen) atoms. The van der Waals surface area contributed by atoms with Crippen LogP contribution in [0.2, 0.25) is 10.0 Å². The minimum absolute atomic E-state index is 0.429. The van der Waals surface area contributed by atoms with Gasteiger partial charge in [-0.25, -0.2) is 0 Å². The second kappa shape index (κ2) is 11.9. The maximum Gasteiger partial charge on any atom is 0.175 e. The number of halogens is 4.